The van der Waals surface area contributed by atoms with E-state index in [9.17, 15) is 0 Å². The number of fused-ring (bicyclic) bond motifs is 8. The largest absolute Gasteiger partial charge is 0.292 e. The SMILES string of the molecule is S=P(c1ccccc1)(c1cccnc1)c1ccc2c(c1)c1ccccc1n1c3ccccc3nc21. The maximum atomic E-state index is 6.59. The van der Waals surface area contributed by atoms with Gasteiger partial charge >= 0.3 is 0 Å². The Labute approximate surface area is 207 Å². The van der Waals surface area contributed by atoms with Gasteiger partial charge in [0.2, 0.25) is 0 Å². The van der Waals surface area contributed by atoms with Crippen molar-refractivity contribution in [2.45, 2.75) is 0 Å². The molecular weight excluding hydrogens is 465 g/mol. The van der Waals surface area contributed by atoms with Crippen molar-refractivity contribution in [3.63, 3.8) is 0 Å². The molecule has 0 aliphatic carbocycles. The summed E-state index contributed by atoms with van der Waals surface area (Å²) in [4.78, 5) is 9.46. The molecule has 0 saturated heterocycles. The van der Waals surface area contributed by atoms with Crippen LogP contribution in [-0.4, -0.2) is 14.4 Å². The van der Waals surface area contributed by atoms with Crippen LogP contribution in [0.5, 0.6) is 0 Å². The zero-order chi connectivity index (χ0) is 23.4. The fourth-order valence-electron chi connectivity index (χ4n) is 5.12. The third-order valence-corrected chi connectivity index (χ3v) is 11.7. The number of aromatic nitrogens is 3. The molecule has 1 unspecified atom stereocenters. The van der Waals surface area contributed by atoms with Gasteiger partial charge in [-0.15, -0.1) is 0 Å². The van der Waals surface area contributed by atoms with Crippen LogP contribution in [0.3, 0.4) is 0 Å². The predicted octanol–water partition coefficient (Wildman–Crippen LogP) is 5.94. The van der Waals surface area contributed by atoms with Crippen LogP contribution in [-0.2, 0) is 11.8 Å². The lowest BCUT2D eigenvalue weighted by atomic mass is 10.1. The van der Waals surface area contributed by atoms with Crippen molar-refractivity contribution in [3.05, 3.63) is 122 Å². The lowest BCUT2D eigenvalue weighted by molar-refractivity contribution is 1.32. The molecule has 3 aromatic heterocycles. The van der Waals surface area contributed by atoms with Gasteiger partial charge in [0.1, 0.15) is 5.65 Å². The Morgan fingerprint density at radius 3 is 2.17 bits per heavy atom. The van der Waals surface area contributed by atoms with Gasteiger partial charge in [-0.2, -0.15) is 0 Å². The van der Waals surface area contributed by atoms with E-state index in [-0.39, 0.29) is 0 Å². The Morgan fingerprint density at radius 2 is 1.34 bits per heavy atom. The second-order valence-electron chi connectivity index (χ2n) is 8.66. The highest BCUT2D eigenvalue weighted by atomic mass is 32.4. The quantitative estimate of drug-likeness (QED) is 0.229. The number of hydrogen-bond acceptors (Lipinski definition) is 3. The van der Waals surface area contributed by atoms with E-state index < -0.39 is 6.04 Å². The van der Waals surface area contributed by atoms with E-state index in [2.05, 4.69) is 100 Å². The van der Waals surface area contributed by atoms with Crippen molar-refractivity contribution in [1.29, 1.82) is 0 Å². The Hall–Kier alpha value is -3.85. The molecule has 0 spiro atoms. The smallest absolute Gasteiger partial charge is 0.146 e. The van der Waals surface area contributed by atoms with Crippen molar-refractivity contribution in [2.75, 3.05) is 0 Å². The Morgan fingerprint density at radius 1 is 0.600 bits per heavy atom. The van der Waals surface area contributed by atoms with Gasteiger partial charge in [-0.25, -0.2) is 4.98 Å². The fraction of sp³-hybridized carbons (Fsp3) is 0. The molecule has 1 atom stereocenters. The van der Waals surface area contributed by atoms with Crippen molar-refractivity contribution < 1.29 is 0 Å². The zero-order valence-corrected chi connectivity index (χ0v) is 20.5. The third-order valence-electron chi connectivity index (χ3n) is 6.73. The van der Waals surface area contributed by atoms with Gasteiger partial charge in [-0.3, -0.25) is 9.38 Å². The molecule has 7 rings (SSSR count). The standard InChI is InChI=1S/C30H20N3PS/c35-34(21-9-2-1-3-10-21,23-11-8-18-31-20-23)22-16-17-25-26(19-22)24-12-4-6-14-28(24)33-29-15-7-5-13-27(29)32-30(25)33/h1-20H. The minimum Gasteiger partial charge on any atom is -0.292 e. The highest BCUT2D eigenvalue weighted by molar-refractivity contribution is 8.25. The average Bonchev–Trinajstić information content (AvgIpc) is 3.33. The maximum Gasteiger partial charge on any atom is 0.146 e. The number of imidazole rings is 1. The summed E-state index contributed by atoms with van der Waals surface area (Å²) in [6.45, 7) is 0. The molecule has 0 bridgehead atoms. The van der Waals surface area contributed by atoms with E-state index in [0.29, 0.717) is 0 Å². The monoisotopic (exact) mass is 485 g/mol. The number of hydrogen-bond donors (Lipinski definition) is 0. The molecule has 0 radical (unpaired) electrons. The van der Waals surface area contributed by atoms with Crippen LogP contribution in [0.15, 0.2) is 122 Å². The summed E-state index contributed by atoms with van der Waals surface area (Å²) in [6.07, 6.45) is 3.74. The van der Waals surface area contributed by atoms with E-state index in [1.165, 1.54) is 16.1 Å². The fourth-order valence-corrected chi connectivity index (χ4v) is 8.75. The average molecular weight is 486 g/mol. The predicted molar refractivity (Wildman–Crippen MR) is 152 cm³/mol. The summed E-state index contributed by atoms with van der Waals surface area (Å²) >= 11 is 6.59. The van der Waals surface area contributed by atoms with E-state index in [4.69, 9.17) is 16.8 Å². The molecule has 0 amide bonds. The lowest BCUT2D eigenvalue weighted by Gasteiger charge is -2.24. The third kappa shape index (κ3) is 3.01. The molecule has 0 fully saturated rings. The summed E-state index contributed by atoms with van der Waals surface area (Å²) in [6, 6.07) is 35.9. The number of para-hydroxylation sites is 3. The first kappa shape index (κ1) is 20.5. The van der Waals surface area contributed by atoms with Crippen LogP contribution in [0.2, 0.25) is 0 Å². The van der Waals surface area contributed by atoms with Crippen molar-refractivity contribution in [2.24, 2.45) is 0 Å². The molecule has 0 aliphatic rings. The highest BCUT2D eigenvalue weighted by Crippen LogP contribution is 2.44. The topological polar surface area (TPSA) is 30.2 Å². The molecular formula is C30H20N3PS. The number of benzene rings is 4. The van der Waals surface area contributed by atoms with Crippen molar-refractivity contribution >= 4 is 72.1 Å². The van der Waals surface area contributed by atoms with E-state index in [1.54, 1.807) is 0 Å². The van der Waals surface area contributed by atoms with E-state index in [0.717, 1.165) is 38.2 Å². The minimum atomic E-state index is -2.30. The molecule has 35 heavy (non-hydrogen) atoms. The maximum absolute atomic E-state index is 6.59. The van der Waals surface area contributed by atoms with E-state index in [1.807, 2.05) is 30.6 Å². The molecule has 5 heteroatoms. The number of pyridine rings is 2. The van der Waals surface area contributed by atoms with Gasteiger partial charge in [0.15, 0.2) is 0 Å². The molecule has 7 aromatic rings. The lowest BCUT2D eigenvalue weighted by Crippen LogP contribution is -2.25. The van der Waals surface area contributed by atoms with Crippen LogP contribution >= 0.6 is 6.04 Å². The van der Waals surface area contributed by atoms with Crippen molar-refractivity contribution in [1.82, 2.24) is 14.4 Å². The summed E-state index contributed by atoms with van der Waals surface area (Å²) in [5, 5.41) is 6.92. The Balaban J connectivity index is 1.62. The summed E-state index contributed by atoms with van der Waals surface area (Å²) < 4.78 is 2.28. The molecule has 166 valence electrons. The summed E-state index contributed by atoms with van der Waals surface area (Å²) in [5.41, 5.74) is 4.24. The molecule has 3 nitrogen and oxygen atoms in total. The van der Waals surface area contributed by atoms with Gasteiger partial charge < -0.3 is 0 Å². The first-order chi connectivity index (χ1) is 17.2. The van der Waals surface area contributed by atoms with Gasteiger partial charge in [-0.1, -0.05) is 84.6 Å². The zero-order valence-electron chi connectivity index (χ0n) is 18.7. The first-order valence-electron chi connectivity index (χ1n) is 11.5. The minimum absolute atomic E-state index is 0.973. The molecule has 3 heterocycles. The first-order valence-corrected chi connectivity index (χ1v) is 14.3. The summed E-state index contributed by atoms with van der Waals surface area (Å²) in [5.74, 6) is 0. The number of nitrogens with zero attached hydrogens (tertiary/aromatic N) is 3. The second kappa shape index (κ2) is 7.84. The molecule has 0 saturated carbocycles. The van der Waals surface area contributed by atoms with Gasteiger partial charge in [0.25, 0.3) is 0 Å². The second-order valence-corrected chi connectivity index (χ2v) is 13.1. The summed E-state index contributed by atoms with van der Waals surface area (Å²) in [7, 11) is 0. The van der Waals surface area contributed by atoms with Gasteiger partial charge in [0.05, 0.1) is 16.6 Å². The van der Waals surface area contributed by atoms with Crippen molar-refractivity contribution in [3.8, 4) is 0 Å². The van der Waals surface area contributed by atoms with Gasteiger partial charge in [-0.05, 0) is 52.4 Å². The van der Waals surface area contributed by atoms with E-state index >= 15 is 0 Å². The highest BCUT2D eigenvalue weighted by Gasteiger charge is 2.26. The number of rotatable bonds is 3. The van der Waals surface area contributed by atoms with Crippen LogP contribution < -0.4 is 15.9 Å². The van der Waals surface area contributed by atoms with Crippen LogP contribution in [0.1, 0.15) is 0 Å². The van der Waals surface area contributed by atoms with Crippen LogP contribution in [0.25, 0.3) is 38.4 Å². The Kier molecular flexibility index (Phi) is 4.60. The van der Waals surface area contributed by atoms with Crippen LogP contribution in [0.4, 0.5) is 0 Å². The Bertz CT molecular complexity index is 1880. The molecule has 0 aliphatic heterocycles. The van der Waals surface area contributed by atoms with Gasteiger partial charge in [0, 0.05) is 34.5 Å². The van der Waals surface area contributed by atoms with Crippen LogP contribution in [0, 0.1) is 0 Å². The molecule has 4 aromatic carbocycles. The normalized spacial score (nSPS) is 13.5. The molecule has 0 N–H and O–H groups in total.